The molecule has 8 heteroatoms. The second-order valence-corrected chi connectivity index (χ2v) is 6.71. The van der Waals surface area contributed by atoms with Crippen molar-refractivity contribution in [2.45, 2.75) is 34.1 Å². The van der Waals surface area contributed by atoms with Gasteiger partial charge in [-0.3, -0.25) is 9.59 Å². The Morgan fingerprint density at radius 3 is 2.14 bits per heavy atom. The first-order chi connectivity index (χ1) is 13.6. The van der Waals surface area contributed by atoms with Crippen LogP contribution in [0.5, 0.6) is 0 Å². The molecule has 0 aliphatic rings. The van der Waals surface area contributed by atoms with E-state index in [0.717, 1.165) is 11.1 Å². The molecule has 0 aliphatic heterocycles. The van der Waals surface area contributed by atoms with Gasteiger partial charge in [-0.2, -0.15) is 0 Å². The van der Waals surface area contributed by atoms with Gasteiger partial charge in [0.25, 0.3) is 0 Å². The Hall–Kier alpha value is -3.42. The van der Waals surface area contributed by atoms with Crippen LogP contribution in [0.1, 0.15) is 60.5 Å². The molecule has 0 saturated heterocycles. The fourth-order valence-electron chi connectivity index (χ4n) is 3.14. The number of anilines is 1. The average Bonchev–Trinajstić information content (AvgIpc) is 2.99. The molecule has 0 radical (unpaired) electrons. The van der Waals surface area contributed by atoms with Gasteiger partial charge in [0.15, 0.2) is 5.78 Å². The van der Waals surface area contributed by atoms with E-state index in [4.69, 9.17) is 9.47 Å². The highest BCUT2D eigenvalue weighted by Crippen LogP contribution is 2.23. The maximum Gasteiger partial charge on any atom is 0.339 e. The lowest BCUT2D eigenvalue weighted by Gasteiger charge is -2.12. The van der Waals surface area contributed by atoms with Crippen molar-refractivity contribution in [3.63, 3.8) is 0 Å². The lowest BCUT2D eigenvalue weighted by molar-refractivity contribution is -0.115. The van der Waals surface area contributed by atoms with Gasteiger partial charge in [-0.05, 0) is 49.6 Å². The van der Waals surface area contributed by atoms with Crippen LogP contribution in [-0.4, -0.2) is 42.8 Å². The molecule has 1 aromatic heterocycles. The molecule has 1 amide bonds. The SMILES string of the molecule is COC(=O)c1cc(NC(=O)Cc2[nH]c(C(C)=O)c(C)c2C(=O)OC)cc(C)c1C. The van der Waals surface area contributed by atoms with Crippen LogP contribution in [0.4, 0.5) is 5.69 Å². The van der Waals surface area contributed by atoms with Gasteiger partial charge in [0.1, 0.15) is 0 Å². The maximum atomic E-state index is 12.6. The Balaban J connectivity index is 2.34. The van der Waals surface area contributed by atoms with E-state index in [1.54, 1.807) is 19.9 Å². The summed E-state index contributed by atoms with van der Waals surface area (Å²) in [4.78, 5) is 51.3. The standard InChI is InChI=1S/C21H24N2O6/c1-10-7-14(8-15(11(10)2)20(26)28-5)22-17(25)9-16-18(21(27)29-6)12(3)19(23-16)13(4)24/h7-8,23H,9H2,1-6H3,(H,22,25). The van der Waals surface area contributed by atoms with Gasteiger partial charge in [-0.1, -0.05) is 0 Å². The van der Waals surface area contributed by atoms with E-state index in [9.17, 15) is 19.2 Å². The molecule has 8 nitrogen and oxygen atoms in total. The summed E-state index contributed by atoms with van der Waals surface area (Å²) < 4.78 is 9.56. The number of ketones is 1. The molecule has 2 rings (SSSR count). The summed E-state index contributed by atoms with van der Waals surface area (Å²) in [5.41, 5.74) is 3.50. The summed E-state index contributed by atoms with van der Waals surface area (Å²) in [6, 6.07) is 3.27. The number of Topliss-reactive ketones (excluding diaryl/α,β-unsaturated/α-hetero) is 1. The van der Waals surface area contributed by atoms with Crippen LogP contribution in [-0.2, 0) is 20.7 Å². The van der Waals surface area contributed by atoms with Crippen molar-refractivity contribution in [1.82, 2.24) is 4.98 Å². The zero-order valence-electron chi connectivity index (χ0n) is 17.3. The van der Waals surface area contributed by atoms with E-state index < -0.39 is 17.8 Å². The summed E-state index contributed by atoms with van der Waals surface area (Å²) in [5.74, 6) is -1.81. The highest BCUT2D eigenvalue weighted by atomic mass is 16.5. The van der Waals surface area contributed by atoms with Crippen LogP contribution in [0.2, 0.25) is 0 Å². The van der Waals surface area contributed by atoms with Gasteiger partial charge in [0, 0.05) is 18.3 Å². The largest absolute Gasteiger partial charge is 0.465 e. The van der Waals surface area contributed by atoms with Crippen molar-refractivity contribution >= 4 is 29.3 Å². The first-order valence-electron chi connectivity index (χ1n) is 8.90. The topological polar surface area (TPSA) is 115 Å². The highest BCUT2D eigenvalue weighted by molar-refractivity contribution is 6.02. The molecule has 154 valence electrons. The van der Waals surface area contributed by atoms with Crippen molar-refractivity contribution in [2.24, 2.45) is 0 Å². The minimum Gasteiger partial charge on any atom is -0.465 e. The second-order valence-electron chi connectivity index (χ2n) is 6.71. The number of hydrogen-bond donors (Lipinski definition) is 2. The zero-order valence-corrected chi connectivity index (χ0v) is 17.3. The summed E-state index contributed by atoms with van der Waals surface area (Å²) in [6.45, 7) is 6.60. The monoisotopic (exact) mass is 400 g/mol. The van der Waals surface area contributed by atoms with E-state index in [1.807, 2.05) is 6.92 Å². The quantitative estimate of drug-likeness (QED) is 0.569. The fourth-order valence-corrected chi connectivity index (χ4v) is 3.14. The Kier molecular flexibility index (Phi) is 6.58. The minimum absolute atomic E-state index is 0.170. The van der Waals surface area contributed by atoms with Crippen molar-refractivity contribution in [1.29, 1.82) is 0 Å². The Morgan fingerprint density at radius 2 is 1.59 bits per heavy atom. The molecule has 1 heterocycles. The van der Waals surface area contributed by atoms with Crippen LogP contribution in [0, 0.1) is 20.8 Å². The number of esters is 2. The molecular formula is C21H24N2O6. The van der Waals surface area contributed by atoms with Crippen LogP contribution in [0.25, 0.3) is 0 Å². The smallest absolute Gasteiger partial charge is 0.339 e. The van der Waals surface area contributed by atoms with Gasteiger partial charge in [0.2, 0.25) is 5.91 Å². The van der Waals surface area contributed by atoms with Gasteiger partial charge in [0.05, 0.1) is 37.5 Å². The van der Waals surface area contributed by atoms with Gasteiger partial charge in [-0.15, -0.1) is 0 Å². The molecule has 29 heavy (non-hydrogen) atoms. The molecule has 0 fully saturated rings. The van der Waals surface area contributed by atoms with Gasteiger partial charge < -0.3 is 19.8 Å². The Bertz CT molecular complexity index is 1000. The maximum absolute atomic E-state index is 12.6. The molecule has 0 saturated carbocycles. The molecule has 0 aliphatic carbocycles. The third-order valence-corrected chi connectivity index (χ3v) is 4.76. The molecule has 0 atom stereocenters. The van der Waals surface area contributed by atoms with E-state index in [-0.39, 0.29) is 29.2 Å². The number of benzene rings is 1. The molecule has 2 N–H and O–H groups in total. The summed E-state index contributed by atoms with van der Waals surface area (Å²) in [5, 5.41) is 2.72. The van der Waals surface area contributed by atoms with Crippen LogP contribution >= 0.6 is 0 Å². The van der Waals surface area contributed by atoms with Gasteiger partial charge in [-0.25, -0.2) is 9.59 Å². The van der Waals surface area contributed by atoms with Crippen LogP contribution in [0.15, 0.2) is 12.1 Å². The number of carbonyl (C=O) groups excluding carboxylic acids is 4. The number of hydrogen-bond acceptors (Lipinski definition) is 6. The van der Waals surface area contributed by atoms with Crippen molar-refractivity contribution in [2.75, 3.05) is 19.5 Å². The molecule has 1 aromatic carbocycles. The van der Waals surface area contributed by atoms with E-state index in [2.05, 4.69) is 10.3 Å². The summed E-state index contributed by atoms with van der Waals surface area (Å²) in [6.07, 6.45) is -0.182. The first-order valence-corrected chi connectivity index (χ1v) is 8.90. The molecule has 0 spiro atoms. The molecule has 2 aromatic rings. The summed E-state index contributed by atoms with van der Waals surface area (Å²) in [7, 11) is 2.52. The van der Waals surface area contributed by atoms with E-state index in [0.29, 0.717) is 16.8 Å². The number of nitrogens with one attached hydrogen (secondary N) is 2. The van der Waals surface area contributed by atoms with Crippen molar-refractivity contribution in [3.05, 3.63) is 51.3 Å². The number of aryl methyl sites for hydroxylation is 1. The number of amides is 1. The number of methoxy groups -OCH3 is 2. The number of ether oxygens (including phenoxy) is 2. The van der Waals surface area contributed by atoms with Gasteiger partial charge >= 0.3 is 11.9 Å². The average molecular weight is 400 g/mol. The molecule has 0 bridgehead atoms. The number of carbonyl (C=O) groups is 4. The van der Waals surface area contributed by atoms with E-state index >= 15 is 0 Å². The second kappa shape index (κ2) is 8.72. The number of aromatic amines is 1. The zero-order chi connectivity index (χ0) is 21.9. The lowest BCUT2D eigenvalue weighted by Crippen LogP contribution is -2.18. The highest BCUT2D eigenvalue weighted by Gasteiger charge is 2.24. The molecule has 0 unspecified atom stereocenters. The number of aromatic nitrogens is 1. The first kappa shape index (κ1) is 21.9. The molecular weight excluding hydrogens is 376 g/mol. The normalized spacial score (nSPS) is 10.4. The third kappa shape index (κ3) is 4.53. The van der Waals surface area contributed by atoms with Crippen molar-refractivity contribution in [3.8, 4) is 0 Å². The predicted octanol–water partition coefficient (Wildman–Crippen LogP) is 2.90. The number of H-pyrrole nitrogens is 1. The Labute approximate surface area is 168 Å². The lowest BCUT2D eigenvalue weighted by atomic mass is 10.0. The van der Waals surface area contributed by atoms with Crippen LogP contribution < -0.4 is 5.32 Å². The summed E-state index contributed by atoms with van der Waals surface area (Å²) >= 11 is 0. The third-order valence-electron chi connectivity index (χ3n) is 4.76. The predicted molar refractivity (Wildman–Crippen MR) is 106 cm³/mol. The van der Waals surface area contributed by atoms with Crippen LogP contribution in [0.3, 0.4) is 0 Å². The van der Waals surface area contributed by atoms with E-state index in [1.165, 1.54) is 27.2 Å². The van der Waals surface area contributed by atoms with Crippen molar-refractivity contribution < 1.29 is 28.7 Å². The Morgan fingerprint density at radius 1 is 0.966 bits per heavy atom. The fraction of sp³-hybridized carbons (Fsp3) is 0.333. The minimum atomic E-state index is -0.631. The number of rotatable bonds is 6.